The van der Waals surface area contributed by atoms with E-state index in [1.807, 2.05) is 6.07 Å². The summed E-state index contributed by atoms with van der Waals surface area (Å²) in [6.07, 6.45) is 7.21. The van der Waals surface area contributed by atoms with Crippen molar-refractivity contribution in [3.05, 3.63) is 18.5 Å². The van der Waals surface area contributed by atoms with Crippen LogP contribution in [0.1, 0.15) is 19.3 Å². The molecule has 2 N–H and O–H groups in total. The fraction of sp³-hybridized carbons (Fsp3) is 0.600. The molecule has 0 aromatic carbocycles. The number of hydrogen-bond acceptors (Lipinski definition) is 4. The van der Waals surface area contributed by atoms with Crippen molar-refractivity contribution < 1.29 is 0 Å². The molecule has 0 spiro atoms. The van der Waals surface area contributed by atoms with Crippen LogP contribution in [0.15, 0.2) is 18.5 Å². The topological polar surface area (TPSA) is 55.0 Å². The Kier molecular flexibility index (Phi) is 4.78. The number of nitrogens with two attached hydrogens (primary N) is 1. The number of halogens is 1. The molecule has 2 rings (SSSR count). The van der Waals surface area contributed by atoms with Gasteiger partial charge in [0, 0.05) is 31.5 Å². The van der Waals surface area contributed by atoms with E-state index in [2.05, 4.69) is 14.9 Å². The summed E-state index contributed by atoms with van der Waals surface area (Å²) in [5.41, 5.74) is 5.73. The average Bonchev–Trinajstić information content (AvgIpc) is 2.30. The predicted molar refractivity (Wildman–Crippen MR) is 63.3 cm³/mol. The van der Waals surface area contributed by atoms with Crippen molar-refractivity contribution in [2.45, 2.75) is 25.3 Å². The van der Waals surface area contributed by atoms with Gasteiger partial charge in [-0.3, -0.25) is 0 Å². The fourth-order valence-corrected chi connectivity index (χ4v) is 1.95. The van der Waals surface area contributed by atoms with Crippen molar-refractivity contribution in [2.24, 2.45) is 5.73 Å². The van der Waals surface area contributed by atoms with Gasteiger partial charge in [-0.15, -0.1) is 12.4 Å². The van der Waals surface area contributed by atoms with Gasteiger partial charge in [-0.1, -0.05) is 0 Å². The molecule has 0 radical (unpaired) electrons. The quantitative estimate of drug-likeness (QED) is 0.827. The second-order valence-electron chi connectivity index (χ2n) is 3.63. The number of anilines is 1. The number of piperidine rings is 1. The van der Waals surface area contributed by atoms with Crippen LogP contribution in [0.25, 0.3) is 0 Å². The van der Waals surface area contributed by atoms with Gasteiger partial charge in [0.25, 0.3) is 0 Å². The third-order valence-corrected chi connectivity index (χ3v) is 2.71. The second kappa shape index (κ2) is 5.88. The SMILES string of the molecule is Cl.NCC1CCCCN1c1ncccn1. The maximum Gasteiger partial charge on any atom is 0.225 e. The van der Waals surface area contributed by atoms with Gasteiger partial charge >= 0.3 is 0 Å². The number of aromatic nitrogens is 2. The Morgan fingerprint density at radius 1 is 1.33 bits per heavy atom. The molecule has 4 nitrogen and oxygen atoms in total. The van der Waals surface area contributed by atoms with Crippen LogP contribution in [0.2, 0.25) is 0 Å². The van der Waals surface area contributed by atoms with E-state index in [9.17, 15) is 0 Å². The van der Waals surface area contributed by atoms with E-state index in [1.54, 1.807) is 12.4 Å². The molecule has 15 heavy (non-hydrogen) atoms. The van der Waals surface area contributed by atoms with Gasteiger partial charge in [0.1, 0.15) is 0 Å². The van der Waals surface area contributed by atoms with Crippen LogP contribution in [-0.4, -0.2) is 29.1 Å². The zero-order valence-corrected chi connectivity index (χ0v) is 9.49. The smallest absolute Gasteiger partial charge is 0.225 e. The van der Waals surface area contributed by atoms with Crippen molar-refractivity contribution in [3.63, 3.8) is 0 Å². The lowest BCUT2D eigenvalue weighted by molar-refractivity contribution is 0.458. The highest BCUT2D eigenvalue weighted by Crippen LogP contribution is 2.20. The minimum Gasteiger partial charge on any atom is -0.337 e. The van der Waals surface area contributed by atoms with Crippen LogP contribution in [0, 0.1) is 0 Å². The second-order valence-corrected chi connectivity index (χ2v) is 3.63. The van der Waals surface area contributed by atoms with E-state index in [1.165, 1.54) is 12.8 Å². The molecule has 84 valence electrons. The van der Waals surface area contributed by atoms with Gasteiger partial charge in [-0.25, -0.2) is 9.97 Å². The molecular formula is C10H17ClN4. The standard InChI is InChI=1S/C10H16N4.ClH/c11-8-9-4-1-2-7-14(9)10-12-5-3-6-13-10;/h3,5-6,9H,1-2,4,7-8,11H2;1H. The number of nitrogens with zero attached hydrogens (tertiary/aromatic N) is 3. The first-order chi connectivity index (χ1) is 6.92. The van der Waals surface area contributed by atoms with Crippen LogP contribution in [0.4, 0.5) is 5.95 Å². The Labute approximate surface area is 96.3 Å². The first kappa shape index (κ1) is 12.2. The maximum absolute atomic E-state index is 5.73. The Morgan fingerprint density at radius 2 is 2.07 bits per heavy atom. The van der Waals surface area contributed by atoms with Crippen molar-refractivity contribution in [1.29, 1.82) is 0 Å². The summed E-state index contributed by atoms with van der Waals surface area (Å²) in [6.45, 7) is 1.73. The van der Waals surface area contributed by atoms with E-state index in [4.69, 9.17) is 5.73 Å². The van der Waals surface area contributed by atoms with Crippen LogP contribution < -0.4 is 10.6 Å². The lowest BCUT2D eigenvalue weighted by Gasteiger charge is -2.34. The zero-order chi connectivity index (χ0) is 9.80. The predicted octanol–water partition coefficient (Wildman–Crippen LogP) is 1.22. The number of hydrogen-bond donors (Lipinski definition) is 1. The Balaban J connectivity index is 0.00000112. The third kappa shape index (κ3) is 2.79. The van der Waals surface area contributed by atoms with Gasteiger partial charge in [-0.05, 0) is 25.3 Å². The minimum atomic E-state index is 0. The summed E-state index contributed by atoms with van der Waals surface area (Å²) >= 11 is 0. The summed E-state index contributed by atoms with van der Waals surface area (Å²) in [5.74, 6) is 0.822. The lowest BCUT2D eigenvalue weighted by atomic mass is 10.0. The van der Waals surface area contributed by atoms with E-state index >= 15 is 0 Å². The molecule has 1 fully saturated rings. The molecule has 1 aromatic heterocycles. The molecule has 0 aliphatic carbocycles. The van der Waals surface area contributed by atoms with Gasteiger partial charge < -0.3 is 10.6 Å². The van der Waals surface area contributed by atoms with Crippen molar-refractivity contribution in [3.8, 4) is 0 Å². The van der Waals surface area contributed by atoms with Crippen molar-refractivity contribution in [2.75, 3.05) is 18.0 Å². The molecule has 1 saturated heterocycles. The monoisotopic (exact) mass is 228 g/mol. The highest BCUT2D eigenvalue weighted by atomic mass is 35.5. The summed E-state index contributed by atoms with van der Waals surface area (Å²) < 4.78 is 0. The van der Waals surface area contributed by atoms with Gasteiger partial charge in [-0.2, -0.15) is 0 Å². The highest BCUT2D eigenvalue weighted by Gasteiger charge is 2.22. The van der Waals surface area contributed by atoms with E-state index < -0.39 is 0 Å². The minimum absolute atomic E-state index is 0. The zero-order valence-electron chi connectivity index (χ0n) is 8.67. The van der Waals surface area contributed by atoms with Crippen LogP contribution >= 0.6 is 12.4 Å². The molecule has 1 atom stereocenters. The Bertz CT molecular complexity index is 280. The van der Waals surface area contributed by atoms with Crippen molar-refractivity contribution in [1.82, 2.24) is 9.97 Å². The molecule has 1 aliphatic rings. The van der Waals surface area contributed by atoms with Crippen LogP contribution in [0.5, 0.6) is 0 Å². The highest BCUT2D eigenvalue weighted by molar-refractivity contribution is 5.85. The molecule has 0 saturated carbocycles. The average molecular weight is 229 g/mol. The Morgan fingerprint density at radius 3 is 2.73 bits per heavy atom. The van der Waals surface area contributed by atoms with Crippen molar-refractivity contribution >= 4 is 18.4 Å². The molecule has 1 aromatic rings. The van der Waals surface area contributed by atoms with Gasteiger partial charge in [0.2, 0.25) is 5.95 Å². The van der Waals surface area contributed by atoms with Crippen LogP contribution in [0.3, 0.4) is 0 Å². The van der Waals surface area contributed by atoms with Gasteiger partial charge in [0.15, 0.2) is 0 Å². The molecule has 0 bridgehead atoms. The largest absolute Gasteiger partial charge is 0.337 e. The first-order valence-corrected chi connectivity index (χ1v) is 5.15. The first-order valence-electron chi connectivity index (χ1n) is 5.15. The van der Waals surface area contributed by atoms with E-state index in [-0.39, 0.29) is 12.4 Å². The molecule has 5 heteroatoms. The third-order valence-electron chi connectivity index (χ3n) is 2.71. The molecular weight excluding hydrogens is 212 g/mol. The van der Waals surface area contributed by atoms with E-state index in [0.29, 0.717) is 12.6 Å². The van der Waals surface area contributed by atoms with E-state index in [0.717, 1.165) is 18.9 Å². The maximum atomic E-state index is 5.73. The summed E-state index contributed by atoms with van der Waals surface area (Å²) in [6, 6.07) is 2.26. The summed E-state index contributed by atoms with van der Waals surface area (Å²) in [7, 11) is 0. The lowest BCUT2D eigenvalue weighted by Crippen LogP contribution is -2.45. The fourth-order valence-electron chi connectivity index (χ4n) is 1.95. The molecule has 1 unspecified atom stereocenters. The molecule has 2 heterocycles. The number of rotatable bonds is 2. The molecule has 1 aliphatic heterocycles. The summed E-state index contributed by atoms with van der Waals surface area (Å²) in [4.78, 5) is 10.7. The normalized spacial score (nSPS) is 20.9. The van der Waals surface area contributed by atoms with Gasteiger partial charge in [0.05, 0.1) is 0 Å². The Hall–Kier alpha value is -0.870. The molecule has 0 amide bonds. The van der Waals surface area contributed by atoms with Crippen LogP contribution in [-0.2, 0) is 0 Å². The summed E-state index contributed by atoms with van der Waals surface area (Å²) in [5, 5.41) is 0.